The number of hydrogen-bond acceptors (Lipinski definition) is 10. The molecule has 11 heteroatoms. The Balaban J connectivity index is 1.53. The number of nitrogens with two attached hydrogens (primary N) is 1. The third-order valence-corrected chi connectivity index (χ3v) is 6.92. The summed E-state index contributed by atoms with van der Waals surface area (Å²) in [4.78, 5) is 29.8. The lowest BCUT2D eigenvalue weighted by atomic mass is 9.82. The summed E-state index contributed by atoms with van der Waals surface area (Å²) in [5.41, 5.74) is 9.80. The van der Waals surface area contributed by atoms with E-state index in [1.165, 1.54) is 5.56 Å². The first-order valence-corrected chi connectivity index (χ1v) is 12.0. The molecule has 0 aliphatic carbocycles. The van der Waals surface area contributed by atoms with E-state index in [4.69, 9.17) is 25.4 Å². The first-order chi connectivity index (χ1) is 17.2. The molecule has 2 aliphatic heterocycles. The van der Waals surface area contributed by atoms with Crippen LogP contribution in [0, 0.1) is 0 Å². The molecule has 0 radical (unpaired) electrons. The Morgan fingerprint density at radius 2 is 1.83 bits per heavy atom. The molecular formula is C24H28N10O. The van der Waals surface area contributed by atoms with Gasteiger partial charge in [-0.15, -0.1) is 0 Å². The largest absolute Gasteiger partial charge is 0.378 e. The summed E-state index contributed by atoms with van der Waals surface area (Å²) in [6, 6.07) is 4.13. The van der Waals surface area contributed by atoms with E-state index in [2.05, 4.69) is 35.8 Å². The second-order valence-electron chi connectivity index (χ2n) is 9.10. The summed E-state index contributed by atoms with van der Waals surface area (Å²) >= 11 is 0. The monoisotopic (exact) mass is 472 g/mol. The molecule has 2 aliphatic rings. The zero-order valence-electron chi connectivity index (χ0n) is 19.5. The van der Waals surface area contributed by atoms with E-state index < -0.39 is 0 Å². The van der Waals surface area contributed by atoms with E-state index in [9.17, 15) is 0 Å². The van der Waals surface area contributed by atoms with Crippen molar-refractivity contribution in [3.8, 4) is 11.3 Å². The molecule has 6 heterocycles. The van der Waals surface area contributed by atoms with Crippen molar-refractivity contribution in [1.29, 1.82) is 0 Å². The summed E-state index contributed by atoms with van der Waals surface area (Å²) in [5, 5.41) is 3.51. The van der Waals surface area contributed by atoms with Crippen LogP contribution in [0.15, 0.2) is 43.2 Å². The first-order valence-electron chi connectivity index (χ1n) is 12.0. The standard InChI is InChI=1S/C24H28N10O/c25-22-28-14-18(15-29-22)19-20-21(32-23(31-19)33-8-10-35-11-9-33)34(16-30-20)24(3-6-26-7-4-24)12-17-2-1-5-27-13-17/h1-2,5,13-16,26H,3-4,6-12H2,(H2,25,28,29). The molecule has 2 fully saturated rings. The first kappa shape index (κ1) is 21.8. The van der Waals surface area contributed by atoms with Crippen LogP contribution in [0.1, 0.15) is 18.4 Å². The summed E-state index contributed by atoms with van der Waals surface area (Å²) in [5.74, 6) is 0.892. The second-order valence-corrected chi connectivity index (χ2v) is 9.10. The normalized spacial score (nSPS) is 18.1. The maximum Gasteiger partial charge on any atom is 0.228 e. The van der Waals surface area contributed by atoms with Gasteiger partial charge in [0.2, 0.25) is 11.9 Å². The Morgan fingerprint density at radius 1 is 1.03 bits per heavy atom. The minimum Gasteiger partial charge on any atom is -0.378 e. The average Bonchev–Trinajstić information content (AvgIpc) is 3.35. The van der Waals surface area contributed by atoms with Crippen molar-refractivity contribution in [3.05, 3.63) is 48.8 Å². The maximum absolute atomic E-state index is 5.75. The van der Waals surface area contributed by atoms with Gasteiger partial charge in [-0.3, -0.25) is 4.98 Å². The molecule has 4 aromatic rings. The minimum absolute atomic E-state index is 0.172. The molecule has 180 valence electrons. The van der Waals surface area contributed by atoms with Gasteiger partial charge < -0.3 is 25.3 Å². The SMILES string of the molecule is Nc1ncc(-c2nc(N3CCOCC3)nc3c2ncn3C2(Cc3cccnc3)CCNCC2)cn1. The molecular weight excluding hydrogens is 444 g/mol. The van der Waals surface area contributed by atoms with Crippen molar-refractivity contribution in [2.45, 2.75) is 24.8 Å². The fourth-order valence-electron chi connectivity index (χ4n) is 5.08. The molecule has 0 atom stereocenters. The van der Waals surface area contributed by atoms with Gasteiger partial charge in [0, 0.05) is 43.4 Å². The molecule has 6 rings (SSSR count). The molecule has 2 saturated heterocycles. The van der Waals surface area contributed by atoms with Gasteiger partial charge in [-0.1, -0.05) is 6.07 Å². The molecule has 0 spiro atoms. The Kier molecular flexibility index (Phi) is 5.71. The number of hydrogen-bond donors (Lipinski definition) is 2. The summed E-state index contributed by atoms with van der Waals surface area (Å²) in [6.07, 6.45) is 11.9. The number of fused-ring (bicyclic) bond motifs is 1. The highest BCUT2D eigenvalue weighted by Crippen LogP contribution is 2.36. The lowest BCUT2D eigenvalue weighted by Gasteiger charge is -2.39. The van der Waals surface area contributed by atoms with Crippen LogP contribution in [0.4, 0.5) is 11.9 Å². The molecule has 11 nitrogen and oxygen atoms in total. The topological polar surface area (TPSA) is 133 Å². The van der Waals surface area contributed by atoms with Gasteiger partial charge in [0.05, 0.1) is 25.1 Å². The maximum atomic E-state index is 5.75. The molecule has 0 aromatic carbocycles. The Bertz CT molecular complexity index is 1300. The number of aromatic nitrogens is 7. The number of piperidine rings is 1. The van der Waals surface area contributed by atoms with Crippen molar-refractivity contribution >= 4 is 23.1 Å². The molecule has 0 bridgehead atoms. The van der Waals surface area contributed by atoms with Crippen molar-refractivity contribution < 1.29 is 4.74 Å². The zero-order chi connectivity index (χ0) is 23.7. The molecule has 0 saturated carbocycles. The van der Waals surface area contributed by atoms with Gasteiger partial charge in [0.15, 0.2) is 5.65 Å². The number of nitrogens with one attached hydrogen (secondary N) is 1. The van der Waals surface area contributed by atoms with E-state index in [1.54, 1.807) is 12.4 Å². The summed E-state index contributed by atoms with van der Waals surface area (Å²) in [6.45, 7) is 4.64. The van der Waals surface area contributed by atoms with Gasteiger partial charge >= 0.3 is 0 Å². The van der Waals surface area contributed by atoms with E-state index in [-0.39, 0.29) is 11.5 Å². The number of pyridine rings is 1. The number of nitrogen functional groups attached to an aromatic ring is 1. The molecule has 35 heavy (non-hydrogen) atoms. The van der Waals surface area contributed by atoms with Crippen LogP contribution in [-0.4, -0.2) is 73.9 Å². The number of anilines is 2. The van der Waals surface area contributed by atoms with Crippen LogP contribution in [0.2, 0.25) is 0 Å². The van der Waals surface area contributed by atoms with Crippen molar-refractivity contribution in [3.63, 3.8) is 0 Å². The van der Waals surface area contributed by atoms with Gasteiger partial charge in [-0.25, -0.2) is 19.9 Å². The fraction of sp³-hybridized carbons (Fsp3) is 0.417. The highest BCUT2D eigenvalue weighted by Gasteiger charge is 2.36. The van der Waals surface area contributed by atoms with Gasteiger partial charge in [-0.05, 0) is 44.0 Å². The third-order valence-electron chi connectivity index (χ3n) is 6.92. The van der Waals surface area contributed by atoms with Crippen LogP contribution in [0.25, 0.3) is 22.4 Å². The van der Waals surface area contributed by atoms with Crippen molar-refractivity contribution in [1.82, 2.24) is 39.8 Å². The number of rotatable bonds is 5. The third kappa shape index (κ3) is 4.17. The Labute approximate surface area is 202 Å². The van der Waals surface area contributed by atoms with Crippen molar-refractivity contribution in [2.24, 2.45) is 0 Å². The number of morpholine rings is 1. The van der Waals surface area contributed by atoms with Crippen LogP contribution in [0.3, 0.4) is 0 Å². The van der Waals surface area contributed by atoms with Gasteiger partial charge in [-0.2, -0.15) is 4.98 Å². The van der Waals surface area contributed by atoms with Crippen LogP contribution < -0.4 is 16.0 Å². The van der Waals surface area contributed by atoms with Gasteiger partial charge in [0.25, 0.3) is 0 Å². The average molecular weight is 473 g/mol. The molecule has 3 N–H and O–H groups in total. The fourth-order valence-corrected chi connectivity index (χ4v) is 5.08. The predicted molar refractivity (Wildman–Crippen MR) is 132 cm³/mol. The number of imidazole rings is 1. The smallest absolute Gasteiger partial charge is 0.228 e. The Morgan fingerprint density at radius 3 is 2.57 bits per heavy atom. The minimum atomic E-state index is -0.172. The van der Waals surface area contributed by atoms with E-state index in [1.807, 2.05) is 24.8 Å². The van der Waals surface area contributed by atoms with Crippen LogP contribution >= 0.6 is 0 Å². The molecule has 4 aromatic heterocycles. The summed E-state index contributed by atoms with van der Waals surface area (Å²) < 4.78 is 7.83. The number of ether oxygens (including phenoxy) is 1. The van der Waals surface area contributed by atoms with E-state index in [0.29, 0.717) is 24.9 Å². The van der Waals surface area contributed by atoms with Crippen molar-refractivity contribution in [2.75, 3.05) is 50.0 Å². The van der Waals surface area contributed by atoms with E-state index >= 15 is 0 Å². The highest BCUT2D eigenvalue weighted by molar-refractivity contribution is 5.88. The lowest BCUT2D eigenvalue weighted by Crippen LogP contribution is -2.45. The second kappa shape index (κ2) is 9.16. The van der Waals surface area contributed by atoms with Crippen LogP contribution in [0.5, 0.6) is 0 Å². The number of nitrogens with zero attached hydrogens (tertiary/aromatic N) is 8. The highest BCUT2D eigenvalue weighted by atomic mass is 16.5. The summed E-state index contributed by atoms with van der Waals surface area (Å²) in [7, 11) is 0. The molecule has 0 amide bonds. The zero-order valence-corrected chi connectivity index (χ0v) is 19.5. The predicted octanol–water partition coefficient (Wildman–Crippen LogP) is 1.42. The van der Waals surface area contributed by atoms with Gasteiger partial charge in [0.1, 0.15) is 11.2 Å². The lowest BCUT2D eigenvalue weighted by molar-refractivity contribution is 0.122. The van der Waals surface area contributed by atoms with Crippen LogP contribution in [-0.2, 0) is 16.7 Å². The Hall–Kier alpha value is -3.70. The quantitative estimate of drug-likeness (QED) is 0.439. The van der Waals surface area contributed by atoms with E-state index in [0.717, 1.165) is 62.2 Å². The molecule has 0 unspecified atom stereocenters.